The second-order valence-electron chi connectivity index (χ2n) is 6.47. The van der Waals surface area contributed by atoms with Crippen molar-refractivity contribution in [1.29, 1.82) is 5.41 Å². The molecule has 0 unspecified atom stereocenters. The highest BCUT2D eigenvalue weighted by molar-refractivity contribution is 5.82. The highest BCUT2D eigenvalue weighted by atomic mass is 15.1. The summed E-state index contributed by atoms with van der Waals surface area (Å²) in [6.45, 7) is 9.42. The number of hydrogen-bond donors (Lipinski definition) is 2. The van der Waals surface area contributed by atoms with Crippen molar-refractivity contribution >= 4 is 11.5 Å². The number of rotatable bonds is 7. The molecule has 0 bridgehead atoms. The van der Waals surface area contributed by atoms with Crippen LogP contribution in [0.5, 0.6) is 0 Å². The van der Waals surface area contributed by atoms with E-state index in [1.54, 1.807) is 0 Å². The van der Waals surface area contributed by atoms with Crippen LogP contribution in [0, 0.1) is 24.7 Å². The molecule has 3 heteroatoms. The molecule has 0 radical (unpaired) electrons. The first-order chi connectivity index (χ1) is 9.24. The van der Waals surface area contributed by atoms with Gasteiger partial charge < -0.3 is 10.6 Å². The second kappa shape index (κ2) is 6.78. The number of hydrogen-bond acceptors (Lipinski definition) is 2. The number of benzene rings is 1. The molecule has 0 aromatic heterocycles. The fraction of sp³-hybridized carbons (Fsp3) is 0.588. The van der Waals surface area contributed by atoms with Crippen LogP contribution in [0.4, 0.5) is 5.69 Å². The first-order valence-electron chi connectivity index (χ1n) is 7.37. The van der Waals surface area contributed by atoms with Crippen LogP contribution in [0.15, 0.2) is 18.2 Å². The first-order valence-corrected chi connectivity index (χ1v) is 7.37. The summed E-state index contributed by atoms with van der Waals surface area (Å²) in [7, 11) is 2.15. The van der Waals surface area contributed by atoms with E-state index in [9.17, 15) is 0 Å². The largest absolute Gasteiger partial charge is 0.387 e. The molecule has 112 valence electrons. The summed E-state index contributed by atoms with van der Waals surface area (Å²) in [4.78, 5) is 2.32. The number of nitrogens with one attached hydrogen (secondary N) is 1. The van der Waals surface area contributed by atoms with Gasteiger partial charge in [-0.1, -0.05) is 38.0 Å². The van der Waals surface area contributed by atoms with Crippen LogP contribution in [0.25, 0.3) is 0 Å². The molecule has 0 saturated carbocycles. The first kappa shape index (κ1) is 16.5. The Morgan fingerprint density at radius 3 is 2.45 bits per heavy atom. The molecule has 3 nitrogen and oxygen atoms in total. The van der Waals surface area contributed by atoms with Crippen LogP contribution in [-0.2, 0) is 0 Å². The van der Waals surface area contributed by atoms with Crippen molar-refractivity contribution in [2.75, 3.05) is 18.5 Å². The Morgan fingerprint density at radius 2 is 1.90 bits per heavy atom. The summed E-state index contributed by atoms with van der Waals surface area (Å²) in [5, 5.41) is 7.57. The van der Waals surface area contributed by atoms with E-state index in [-0.39, 0.29) is 5.41 Å². The molecule has 1 aromatic rings. The van der Waals surface area contributed by atoms with Gasteiger partial charge in [0.2, 0.25) is 0 Å². The number of nitrogens with zero attached hydrogens (tertiary/aromatic N) is 1. The summed E-state index contributed by atoms with van der Waals surface area (Å²) < 4.78 is 0. The monoisotopic (exact) mass is 275 g/mol. The van der Waals surface area contributed by atoms with Crippen molar-refractivity contribution in [2.24, 2.45) is 11.1 Å². The van der Waals surface area contributed by atoms with Crippen molar-refractivity contribution in [3.05, 3.63) is 29.3 Å². The van der Waals surface area contributed by atoms with Crippen molar-refractivity contribution in [1.82, 2.24) is 0 Å². The van der Waals surface area contributed by atoms with Gasteiger partial charge in [-0.15, -0.1) is 0 Å². The van der Waals surface area contributed by atoms with E-state index in [2.05, 4.69) is 44.0 Å². The minimum atomic E-state index is -0.168. The third kappa shape index (κ3) is 4.55. The van der Waals surface area contributed by atoms with E-state index >= 15 is 0 Å². The van der Waals surface area contributed by atoms with Crippen molar-refractivity contribution < 1.29 is 0 Å². The summed E-state index contributed by atoms with van der Waals surface area (Å²) in [5.74, 6) is 0.292. The Morgan fingerprint density at radius 1 is 1.25 bits per heavy atom. The zero-order chi connectivity index (χ0) is 15.3. The second-order valence-corrected chi connectivity index (χ2v) is 6.47. The Bertz CT molecular complexity index is 463. The van der Waals surface area contributed by atoms with Gasteiger partial charge in [-0.05, 0) is 38.3 Å². The van der Waals surface area contributed by atoms with Crippen LogP contribution in [0.1, 0.15) is 44.2 Å². The van der Waals surface area contributed by atoms with Gasteiger partial charge in [-0.25, -0.2) is 0 Å². The van der Waals surface area contributed by atoms with Crippen LogP contribution < -0.4 is 10.6 Å². The molecule has 1 aromatic carbocycles. The smallest absolute Gasteiger partial charge is 0.0963 e. The number of aryl methyl sites for hydroxylation is 2. The molecule has 0 aliphatic rings. The van der Waals surface area contributed by atoms with Crippen molar-refractivity contribution in [3.8, 4) is 0 Å². The van der Waals surface area contributed by atoms with Gasteiger partial charge in [0.15, 0.2) is 0 Å². The van der Waals surface area contributed by atoms with E-state index in [0.29, 0.717) is 5.84 Å². The molecule has 3 N–H and O–H groups in total. The molecule has 0 saturated heterocycles. The standard InChI is InChI=1S/C17H29N3/c1-13-8-9-15(14(2)12-13)20(5)11-7-6-10-17(3,4)16(18)19/h8-9,12H,6-7,10-11H2,1-5H3,(H3,18,19). The highest BCUT2D eigenvalue weighted by Gasteiger charge is 2.20. The maximum Gasteiger partial charge on any atom is 0.0963 e. The van der Waals surface area contributed by atoms with Gasteiger partial charge in [0, 0.05) is 24.7 Å². The van der Waals surface area contributed by atoms with E-state index in [0.717, 1.165) is 25.8 Å². The quantitative estimate of drug-likeness (QED) is 0.451. The lowest BCUT2D eigenvalue weighted by Gasteiger charge is -2.25. The number of anilines is 1. The minimum absolute atomic E-state index is 0.168. The van der Waals surface area contributed by atoms with Crippen LogP contribution >= 0.6 is 0 Å². The fourth-order valence-corrected chi connectivity index (χ4v) is 2.40. The third-order valence-corrected chi connectivity index (χ3v) is 4.04. The van der Waals surface area contributed by atoms with Gasteiger partial charge in [-0.2, -0.15) is 0 Å². The molecular formula is C17H29N3. The molecule has 0 heterocycles. The number of unbranched alkanes of at least 4 members (excludes halogenated alkanes) is 1. The fourth-order valence-electron chi connectivity index (χ4n) is 2.40. The maximum absolute atomic E-state index is 7.57. The molecule has 20 heavy (non-hydrogen) atoms. The van der Waals surface area contributed by atoms with Crippen LogP contribution in [0.3, 0.4) is 0 Å². The highest BCUT2D eigenvalue weighted by Crippen LogP contribution is 2.24. The van der Waals surface area contributed by atoms with E-state index in [4.69, 9.17) is 11.1 Å². The third-order valence-electron chi connectivity index (χ3n) is 4.04. The molecule has 0 aliphatic heterocycles. The lowest BCUT2D eigenvalue weighted by molar-refractivity contribution is 0.442. The zero-order valence-electron chi connectivity index (χ0n) is 13.6. The van der Waals surface area contributed by atoms with Gasteiger partial charge in [0.05, 0.1) is 5.84 Å². The summed E-state index contributed by atoms with van der Waals surface area (Å²) in [6.07, 6.45) is 3.20. The van der Waals surface area contributed by atoms with Crippen LogP contribution in [-0.4, -0.2) is 19.4 Å². The average molecular weight is 275 g/mol. The Hall–Kier alpha value is -1.51. The minimum Gasteiger partial charge on any atom is -0.387 e. The lowest BCUT2D eigenvalue weighted by Crippen LogP contribution is -2.31. The van der Waals surface area contributed by atoms with E-state index in [1.807, 2.05) is 13.8 Å². The molecular weight excluding hydrogens is 246 g/mol. The molecule has 0 aliphatic carbocycles. The predicted octanol–water partition coefficient (Wildman–Crippen LogP) is 3.87. The summed E-state index contributed by atoms with van der Waals surface area (Å²) >= 11 is 0. The molecule has 0 spiro atoms. The van der Waals surface area contributed by atoms with Gasteiger partial charge >= 0.3 is 0 Å². The Kier molecular flexibility index (Phi) is 5.61. The Labute approximate surface area is 123 Å². The average Bonchev–Trinajstić information content (AvgIpc) is 2.34. The normalized spacial score (nSPS) is 11.4. The Balaban J connectivity index is 2.44. The summed E-state index contributed by atoms with van der Waals surface area (Å²) in [5.41, 5.74) is 9.39. The van der Waals surface area contributed by atoms with Gasteiger partial charge in [-0.3, -0.25) is 5.41 Å². The molecule has 0 fully saturated rings. The van der Waals surface area contributed by atoms with E-state index in [1.165, 1.54) is 16.8 Å². The molecule has 0 atom stereocenters. The zero-order valence-corrected chi connectivity index (χ0v) is 13.6. The van der Waals surface area contributed by atoms with E-state index < -0.39 is 0 Å². The van der Waals surface area contributed by atoms with Gasteiger partial charge in [0.1, 0.15) is 0 Å². The molecule has 0 amide bonds. The lowest BCUT2D eigenvalue weighted by atomic mass is 9.86. The van der Waals surface area contributed by atoms with Gasteiger partial charge in [0.25, 0.3) is 0 Å². The molecule has 1 rings (SSSR count). The number of amidine groups is 1. The van der Waals surface area contributed by atoms with Crippen LogP contribution in [0.2, 0.25) is 0 Å². The topological polar surface area (TPSA) is 53.1 Å². The van der Waals surface area contributed by atoms with Crippen molar-refractivity contribution in [3.63, 3.8) is 0 Å². The maximum atomic E-state index is 7.57. The summed E-state index contributed by atoms with van der Waals surface area (Å²) in [6, 6.07) is 6.59. The predicted molar refractivity (Wildman–Crippen MR) is 88.7 cm³/mol. The van der Waals surface area contributed by atoms with Crippen molar-refractivity contribution in [2.45, 2.75) is 47.0 Å². The number of nitrogens with two attached hydrogens (primary N) is 1. The SMILES string of the molecule is Cc1ccc(N(C)CCCCC(C)(C)C(=N)N)c(C)c1.